The van der Waals surface area contributed by atoms with Crippen LogP contribution in [-0.2, 0) is 4.74 Å². The molecule has 1 unspecified atom stereocenters. The van der Waals surface area contributed by atoms with Crippen LogP contribution in [0, 0.1) is 5.82 Å². The van der Waals surface area contributed by atoms with Gasteiger partial charge in [-0.05, 0) is 0 Å². The Morgan fingerprint density at radius 2 is 2.50 bits per heavy atom. The Morgan fingerprint density at radius 1 is 1.58 bits per heavy atom. The normalized spacial score (nSPS) is 24.2. The average Bonchev–Trinajstić information content (AvgIpc) is 2.54. The SMILES string of the molecule is Fc1coc(C2CNCCO2)c1. The van der Waals surface area contributed by atoms with Crippen molar-refractivity contribution in [3.8, 4) is 0 Å². The molecule has 1 fully saturated rings. The van der Waals surface area contributed by atoms with Crippen molar-refractivity contribution in [1.82, 2.24) is 5.32 Å². The van der Waals surface area contributed by atoms with E-state index in [1.54, 1.807) is 0 Å². The summed E-state index contributed by atoms with van der Waals surface area (Å²) < 4.78 is 22.8. The molecule has 1 N–H and O–H groups in total. The van der Waals surface area contributed by atoms with Gasteiger partial charge in [0.2, 0.25) is 0 Å². The molecule has 0 radical (unpaired) electrons. The van der Waals surface area contributed by atoms with Gasteiger partial charge in [0, 0.05) is 19.2 Å². The van der Waals surface area contributed by atoms with E-state index >= 15 is 0 Å². The number of hydrogen-bond acceptors (Lipinski definition) is 3. The van der Waals surface area contributed by atoms with Crippen molar-refractivity contribution < 1.29 is 13.5 Å². The van der Waals surface area contributed by atoms with E-state index in [9.17, 15) is 4.39 Å². The van der Waals surface area contributed by atoms with Crippen molar-refractivity contribution in [3.63, 3.8) is 0 Å². The lowest BCUT2D eigenvalue weighted by Crippen LogP contribution is -2.33. The first-order valence-corrected chi connectivity index (χ1v) is 3.92. The van der Waals surface area contributed by atoms with E-state index in [1.165, 1.54) is 6.07 Å². The molecule has 0 spiro atoms. The molecule has 1 atom stereocenters. The third kappa shape index (κ3) is 1.49. The highest BCUT2D eigenvalue weighted by molar-refractivity contribution is 5.05. The van der Waals surface area contributed by atoms with Gasteiger partial charge in [-0.1, -0.05) is 0 Å². The van der Waals surface area contributed by atoms with Crippen molar-refractivity contribution in [2.24, 2.45) is 0 Å². The van der Waals surface area contributed by atoms with Crippen LogP contribution in [0.25, 0.3) is 0 Å². The highest BCUT2D eigenvalue weighted by Gasteiger charge is 2.18. The highest BCUT2D eigenvalue weighted by Crippen LogP contribution is 2.20. The Balaban J connectivity index is 2.08. The summed E-state index contributed by atoms with van der Waals surface area (Å²) in [5.74, 6) is 0.207. The summed E-state index contributed by atoms with van der Waals surface area (Å²) in [6, 6.07) is 1.36. The third-order valence-electron chi connectivity index (χ3n) is 1.83. The molecule has 1 aliphatic rings. The molecule has 4 heteroatoms. The summed E-state index contributed by atoms with van der Waals surface area (Å²) in [6.45, 7) is 2.18. The van der Waals surface area contributed by atoms with Crippen LogP contribution in [0.3, 0.4) is 0 Å². The number of halogens is 1. The Labute approximate surface area is 69.5 Å². The van der Waals surface area contributed by atoms with Crippen LogP contribution in [0.15, 0.2) is 16.7 Å². The fourth-order valence-electron chi connectivity index (χ4n) is 1.25. The first-order valence-electron chi connectivity index (χ1n) is 3.92. The van der Waals surface area contributed by atoms with Crippen molar-refractivity contribution in [1.29, 1.82) is 0 Å². The molecule has 2 rings (SSSR count). The monoisotopic (exact) mass is 171 g/mol. The molecule has 66 valence electrons. The summed E-state index contributed by atoms with van der Waals surface area (Å²) in [6.07, 6.45) is 0.955. The van der Waals surface area contributed by atoms with Gasteiger partial charge in [-0.15, -0.1) is 0 Å². The van der Waals surface area contributed by atoms with Gasteiger partial charge in [-0.3, -0.25) is 0 Å². The van der Waals surface area contributed by atoms with E-state index in [4.69, 9.17) is 9.15 Å². The second kappa shape index (κ2) is 3.25. The molecule has 12 heavy (non-hydrogen) atoms. The number of morpholine rings is 1. The van der Waals surface area contributed by atoms with Crippen LogP contribution < -0.4 is 5.32 Å². The molecular weight excluding hydrogens is 161 g/mol. The predicted molar refractivity (Wildman–Crippen MR) is 40.2 cm³/mol. The second-order valence-electron chi connectivity index (χ2n) is 2.73. The number of rotatable bonds is 1. The van der Waals surface area contributed by atoms with Crippen LogP contribution in [0.4, 0.5) is 4.39 Å². The minimum atomic E-state index is -0.348. The quantitative estimate of drug-likeness (QED) is 0.686. The van der Waals surface area contributed by atoms with Crippen LogP contribution >= 0.6 is 0 Å². The Morgan fingerprint density at radius 3 is 3.08 bits per heavy atom. The van der Waals surface area contributed by atoms with Crippen molar-refractivity contribution in [2.45, 2.75) is 6.10 Å². The van der Waals surface area contributed by atoms with Crippen molar-refractivity contribution in [2.75, 3.05) is 19.7 Å². The first kappa shape index (κ1) is 7.76. The van der Waals surface area contributed by atoms with Gasteiger partial charge < -0.3 is 14.5 Å². The maximum absolute atomic E-state index is 12.5. The predicted octanol–water partition coefficient (Wildman–Crippen LogP) is 1.08. The maximum Gasteiger partial charge on any atom is 0.161 e. The van der Waals surface area contributed by atoms with E-state index in [2.05, 4.69) is 5.32 Å². The summed E-state index contributed by atoms with van der Waals surface area (Å²) in [4.78, 5) is 0. The second-order valence-corrected chi connectivity index (χ2v) is 2.73. The smallest absolute Gasteiger partial charge is 0.161 e. The molecule has 2 heterocycles. The van der Waals surface area contributed by atoms with Crippen LogP contribution in [0.5, 0.6) is 0 Å². The van der Waals surface area contributed by atoms with Crippen molar-refractivity contribution in [3.05, 3.63) is 23.9 Å². The number of furan rings is 1. The van der Waals surface area contributed by atoms with Gasteiger partial charge in [-0.2, -0.15) is 0 Å². The minimum Gasteiger partial charge on any atom is -0.463 e. The lowest BCUT2D eigenvalue weighted by molar-refractivity contribution is 0.0143. The molecule has 0 saturated carbocycles. The summed E-state index contributed by atoms with van der Waals surface area (Å²) in [7, 11) is 0. The number of nitrogens with one attached hydrogen (secondary N) is 1. The summed E-state index contributed by atoms with van der Waals surface area (Å²) >= 11 is 0. The molecule has 0 aliphatic carbocycles. The molecule has 0 amide bonds. The summed E-state index contributed by atoms with van der Waals surface area (Å²) in [5, 5.41) is 3.14. The molecule has 3 nitrogen and oxygen atoms in total. The van der Waals surface area contributed by atoms with Crippen LogP contribution in [0.2, 0.25) is 0 Å². The van der Waals surface area contributed by atoms with Gasteiger partial charge in [0.1, 0.15) is 18.1 Å². The number of hydrogen-bond donors (Lipinski definition) is 1. The molecular formula is C8H10FNO2. The highest BCUT2D eigenvalue weighted by atomic mass is 19.1. The van der Waals surface area contributed by atoms with E-state index in [1.807, 2.05) is 0 Å². The Kier molecular flexibility index (Phi) is 2.10. The van der Waals surface area contributed by atoms with Gasteiger partial charge in [0.25, 0.3) is 0 Å². The molecule has 1 aromatic heterocycles. The van der Waals surface area contributed by atoms with Gasteiger partial charge in [-0.25, -0.2) is 4.39 Å². The fourth-order valence-corrected chi connectivity index (χ4v) is 1.25. The standard InChI is InChI=1S/C8H10FNO2/c9-6-3-7(12-5-6)8-4-10-1-2-11-8/h3,5,8,10H,1-2,4H2. The molecule has 1 aromatic rings. The molecule has 1 aliphatic heterocycles. The fraction of sp³-hybridized carbons (Fsp3) is 0.500. The van der Waals surface area contributed by atoms with Gasteiger partial charge in [0.05, 0.1) is 6.61 Å². The third-order valence-corrected chi connectivity index (χ3v) is 1.83. The zero-order valence-electron chi connectivity index (χ0n) is 6.55. The van der Waals surface area contributed by atoms with E-state index < -0.39 is 0 Å². The zero-order valence-corrected chi connectivity index (χ0v) is 6.55. The minimum absolute atomic E-state index is 0.136. The van der Waals surface area contributed by atoms with Gasteiger partial charge in [0.15, 0.2) is 5.82 Å². The van der Waals surface area contributed by atoms with Crippen LogP contribution in [-0.4, -0.2) is 19.7 Å². The number of ether oxygens (including phenoxy) is 1. The zero-order chi connectivity index (χ0) is 8.39. The first-order chi connectivity index (χ1) is 5.86. The lowest BCUT2D eigenvalue weighted by atomic mass is 10.2. The van der Waals surface area contributed by atoms with E-state index in [0.29, 0.717) is 18.9 Å². The van der Waals surface area contributed by atoms with E-state index in [0.717, 1.165) is 12.8 Å². The van der Waals surface area contributed by atoms with Gasteiger partial charge >= 0.3 is 0 Å². The topological polar surface area (TPSA) is 34.4 Å². The lowest BCUT2D eigenvalue weighted by Gasteiger charge is -2.21. The van der Waals surface area contributed by atoms with E-state index in [-0.39, 0.29) is 11.9 Å². The Hall–Kier alpha value is -0.870. The molecule has 0 bridgehead atoms. The summed E-state index contributed by atoms with van der Waals surface area (Å²) in [5.41, 5.74) is 0. The largest absolute Gasteiger partial charge is 0.463 e. The van der Waals surface area contributed by atoms with Crippen LogP contribution in [0.1, 0.15) is 11.9 Å². The average molecular weight is 171 g/mol. The molecule has 1 saturated heterocycles. The molecule has 0 aromatic carbocycles. The van der Waals surface area contributed by atoms with Crippen molar-refractivity contribution >= 4 is 0 Å². The Bertz CT molecular complexity index is 255. The maximum atomic E-state index is 12.5.